The first-order chi connectivity index (χ1) is 16.9. The maximum absolute atomic E-state index is 12.9. The Balaban J connectivity index is 1.49. The SMILES string of the molecule is CCOC(=O)c1c(NC(=O)CSc2nnc(-c3cc(C)n(C)n3)n2CC)sc2c1CC[C@H](CC)C2. The Labute approximate surface area is 213 Å². The van der Waals surface area contributed by atoms with Crippen molar-refractivity contribution in [3.63, 3.8) is 0 Å². The molecule has 0 bridgehead atoms. The van der Waals surface area contributed by atoms with Crippen LogP contribution in [0.3, 0.4) is 0 Å². The number of thioether (sulfide) groups is 1. The molecule has 3 aromatic rings. The van der Waals surface area contributed by atoms with Gasteiger partial charge in [0.15, 0.2) is 11.0 Å². The average molecular weight is 517 g/mol. The number of esters is 1. The first-order valence-corrected chi connectivity index (χ1v) is 13.8. The largest absolute Gasteiger partial charge is 0.462 e. The molecule has 1 aliphatic rings. The van der Waals surface area contributed by atoms with Crippen molar-refractivity contribution in [2.45, 2.75) is 65.1 Å². The molecule has 0 spiro atoms. The fourth-order valence-corrected chi connectivity index (χ4v) is 6.51. The molecule has 3 heterocycles. The van der Waals surface area contributed by atoms with Gasteiger partial charge in [0.2, 0.25) is 5.91 Å². The maximum Gasteiger partial charge on any atom is 0.341 e. The van der Waals surface area contributed by atoms with Crippen molar-refractivity contribution >= 4 is 40.0 Å². The first kappa shape index (κ1) is 25.4. The van der Waals surface area contributed by atoms with Crippen LogP contribution in [0.5, 0.6) is 0 Å². The molecule has 0 saturated carbocycles. The zero-order valence-electron chi connectivity index (χ0n) is 20.9. The highest BCUT2D eigenvalue weighted by Crippen LogP contribution is 2.41. The summed E-state index contributed by atoms with van der Waals surface area (Å²) in [4.78, 5) is 26.9. The van der Waals surface area contributed by atoms with Gasteiger partial charge in [0.1, 0.15) is 10.7 Å². The molecule has 1 aliphatic carbocycles. The Morgan fingerprint density at radius 2 is 2.09 bits per heavy atom. The molecular weight excluding hydrogens is 484 g/mol. The number of amides is 1. The second-order valence-electron chi connectivity index (χ2n) is 8.63. The number of anilines is 1. The van der Waals surface area contributed by atoms with Gasteiger partial charge in [-0.25, -0.2) is 4.79 Å². The molecule has 4 rings (SSSR count). The van der Waals surface area contributed by atoms with Gasteiger partial charge in [0, 0.05) is 24.2 Å². The number of thiophene rings is 1. The standard InChI is InChI=1S/C24H32N6O3S2/c1-6-15-9-10-16-18(12-15)35-22(20(16)23(32)33-8-3)25-19(31)13-34-24-27-26-21(30(24)7-2)17-11-14(4)29(5)28-17/h11,15H,6-10,12-13H2,1-5H3,(H,25,31)/t15-/m0/s1. The summed E-state index contributed by atoms with van der Waals surface area (Å²) >= 11 is 2.83. The van der Waals surface area contributed by atoms with E-state index in [0.29, 0.717) is 40.6 Å². The van der Waals surface area contributed by atoms with E-state index in [0.717, 1.165) is 42.6 Å². The molecule has 11 heteroatoms. The highest BCUT2D eigenvalue weighted by Gasteiger charge is 2.30. The summed E-state index contributed by atoms with van der Waals surface area (Å²) < 4.78 is 9.08. The lowest BCUT2D eigenvalue weighted by Crippen LogP contribution is -2.18. The van der Waals surface area contributed by atoms with Gasteiger partial charge in [0.25, 0.3) is 0 Å². The van der Waals surface area contributed by atoms with E-state index in [1.54, 1.807) is 11.6 Å². The summed E-state index contributed by atoms with van der Waals surface area (Å²) in [6.07, 6.45) is 3.96. The Bertz CT molecular complexity index is 1210. The van der Waals surface area contributed by atoms with Crippen molar-refractivity contribution in [1.29, 1.82) is 0 Å². The van der Waals surface area contributed by atoms with Crippen LogP contribution in [0.15, 0.2) is 11.2 Å². The Morgan fingerprint density at radius 1 is 1.29 bits per heavy atom. The second kappa shape index (κ2) is 10.9. The summed E-state index contributed by atoms with van der Waals surface area (Å²) in [5, 5.41) is 17.3. The number of carbonyl (C=O) groups excluding carboxylic acids is 2. The summed E-state index contributed by atoms with van der Waals surface area (Å²) in [7, 11) is 1.89. The van der Waals surface area contributed by atoms with E-state index in [1.807, 2.05) is 31.5 Å². The monoisotopic (exact) mass is 516 g/mol. The minimum atomic E-state index is -0.357. The summed E-state index contributed by atoms with van der Waals surface area (Å²) in [5.74, 6) is 0.908. The number of rotatable bonds is 9. The van der Waals surface area contributed by atoms with Crippen LogP contribution in [-0.2, 0) is 36.0 Å². The van der Waals surface area contributed by atoms with E-state index in [9.17, 15) is 9.59 Å². The molecule has 188 valence electrons. The Kier molecular flexibility index (Phi) is 7.95. The zero-order valence-corrected chi connectivity index (χ0v) is 22.5. The highest BCUT2D eigenvalue weighted by atomic mass is 32.2. The maximum atomic E-state index is 12.9. The van der Waals surface area contributed by atoms with Crippen molar-refractivity contribution in [1.82, 2.24) is 24.5 Å². The van der Waals surface area contributed by atoms with Crippen LogP contribution in [0.25, 0.3) is 11.5 Å². The average Bonchev–Trinajstić information content (AvgIpc) is 3.51. The third-order valence-corrected chi connectivity index (χ3v) is 8.52. The van der Waals surface area contributed by atoms with E-state index in [4.69, 9.17) is 4.74 Å². The van der Waals surface area contributed by atoms with Crippen LogP contribution in [0, 0.1) is 12.8 Å². The van der Waals surface area contributed by atoms with Crippen LogP contribution in [0.1, 0.15) is 60.1 Å². The van der Waals surface area contributed by atoms with E-state index >= 15 is 0 Å². The zero-order chi connectivity index (χ0) is 25.1. The van der Waals surface area contributed by atoms with Crippen molar-refractivity contribution in [2.24, 2.45) is 13.0 Å². The van der Waals surface area contributed by atoms with Gasteiger partial charge in [-0.3, -0.25) is 9.48 Å². The fourth-order valence-electron chi connectivity index (χ4n) is 4.34. The molecule has 3 aromatic heterocycles. The van der Waals surface area contributed by atoms with Crippen LogP contribution in [0.4, 0.5) is 5.00 Å². The van der Waals surface area contributed by atoms with Gasteiger partial charge in [-0.1, -0.05) is 25.1 Å². The lowest BCUT2D eigenvalue weighted by atomic mass is 9.85. The van der Waals surface area contributed by atoms with Gasteiger partial charge in [-0.2, -0.15) is 5.10 Å². The molecule has 0 aromatic carbocycles. The van der Waals surface area contributed by atoms with Crippen molar-refractivity contribution in [2.75, 3.05) is 17.7 Å². The van der Waals surface area contributed by atoms with E-state index in [1.165, 1.54) is 28.0 Å². The third-order valence-electron chi connectivity index (χ3n) is 6.39. The molecule has 0 unspecified atom stereocenters. The number of carbonyl (C=O) groups is 2. The molecule has 0 saturated heterocycles. The summed E-state index contributed by atoms with van der Waals surface area (Å²) in [6.45, 7) is 8.95. The van der Waals surface area contributed by atoms with Crippen molar-refractivity contribution in [3.05, 3.63) is 27.8 Å². The number of hydrogen-bond acceptors (Lipinski definition) is 8. The van der Waals surface area contributed by atoms with Crippen molar-refractivity contribution in [3.8, 4) is 11.5 Å². The number of fused-ring (bicyclic) bond motifs is 1. The third kappa shape index (κ3) is 5.30. The first-order valence-electron chi connectivity index (χ1n) is 12.0. The number of ether oxygens (including phenoxy) is 1. The molecule has 0 aliphatic heterocycles. The van der Waals surface area contributed by atoms with E-state index in [2.05, 4.69) is 27.5 Å². The van der Waals surface area contributed by atoms with Crippen LogP contribution >= 0.6 is 23.1 Å². The molecule has 0 radical (unpaired) electrons. The molecule has 35 heavy (non-hydrogen) atoms. The normalized spacial score (nSPS) is 15.2. The van der Waals surface area contributed by atoms with Gasteiger partial charge < -0.3 is 14.6 Å². The van der Waals surface area contributed by atoms with Gasteiger partial charge in [-0.05, 0) is 57.6 Å². The van der Waals surface area contributed by atoms with E-state index in [-0.39, 0.29) is 17.6 Å². The minimum Gasteiger partial charge on any atom is -0.462 e. The van der Waals surface area contributed by atoms with Gasteiger partial charge in [0.05, 0.1) is 17.9 Å². The van der Waals surface area contributed by atoms with Crippen LogP contribution in [0.2, 0.25) is 0 Å². The second-order valence-corrected chi connectivity index (χ2v) is 10.7. The predicted molar refractivity (Wildman–Crippen MR) is 138 cm³/mol. The quantitative estimate of drug-likeness (QED) is 0.330. The summed E-state index contributed by atoms with van der Waals surface area (Å²) in [6, 6.07) is 1.97. The number of aromatic nitrogens is 5. The fraction of sp³-hybridized carbons (Fsp3) is 0.542. The van der Waals surface area contributed by atoms with Gasteiger partial charge >= 0.3 is 5.97 Å². The van der Waals surface area contributed by atoms with Crippen LogP contribution < -0.4 is 5.32 Å². The molecule has 9 nitrogen and oxygen atoms in total. The summed E-state index contributed by atoms with van der Waals surface area (Å²) in [5.41, 5.74) is 3.36. The highest BCUT2D eigenvalue weighted by molar-refractivity contribution is 7.99. The smallest absolute Gasteiger partial charge is 0.341 e. The van der Waals surface area contributed by atoms with Crippen molar-refractivity contribution < 1.29 is 14.3 Å². The molecule has 1 amide bonds. The van der Waals surface area contributed by atoms with E-state index < -0.39 is 0 Å². The molecule has 1 N–H and O–H groups in total. The number of hydrogen-bond donors (Lipinski definition) is 1. The Hall–Kier alpha value is -2.66. The lowest BCUT2D eigenvalue weighted by Gasteiger charge is -2.20. The molecular formula is C24H32N6O3S2. The predicted octanol–water partition coefficient (Wildman–Crippen LogP) is 4.49. The number of nitrogens with one attached hydrogen (secondary N) is 1. The number of nitrogens with zero attached hydrogens (tertiary/aromatic N) is 5. The topological polar surface area (TPSA) is 104 Å². The molecule has 1 atom stereocenters. The van der Waals surface area contributed by atoms with Crippen LogP contribution in [-0.4, -0.2) is 48.8 Å². The minimum absolute atomic E-state index is 0.155. The van der Waals surface area contributed by atoms with Gasteiger partial charge in [-0.15, -0.1) is 21.5 Å². The lowest BCUT2D eigenvalue weighted by molar-refractivity contribution is -0.113. The number of aryl methyl sites for hydroxylation is 2. The Morgan fingerprint density at radius 3 is 2.74 bits per heavy atom. The molecule has 0 fully saturated rings.